The fraction of sp³-hybridized carbons (Fsp3) is 0.286. The van der Waals surface area contributed by atoms with Gasteiger partial charge in [0.2, 0.25) is 10.0 Å². The molecule has 0 aliphatic rings. The molecule has 0 fully saturated rings. The number of rotatable bonds is 4. The summed E-state index contributed by atoms with van der Waals surface area (Å²) < 4.78 is 24.7. The van der Waals surface area contributed by atoms with Crippen molar-refractivity contribution in [1.29, 1.82) is 0 Å². The monoisotopic (exact) mass is 339 g/mol. The van der Waals surface area contributed by atoms with Crippen LogP contribution in [0.2, 0.25) is 0 Å². The third-order valence-corrected chi connectivity index (χ3v) is 4.81. The molecule has 0 radical (unpaired) electrons. The van der Waals surface area contributed by atoms with E-state index in [0.717, 1.165) is 28.7 Å². The third-order valence-electron chi connectivity index (χ3n) is 3.04. The van der Waals surface area contributed by atoms with E-state index in [2.05, 4.69) is 15.0 Å². The number of aromatic nitrogens is 1. The van der Waals surface area contributed by atoms with Gasteiger partial charge in [0.25, 0.3) is 5.91 Å². The molecule has 8 heteroatoms. The van der Waals surface area contributed by atoms with Crippen molar-refractivity contribution >= 4 is 38.1 Å². The van der Waals surface area contributed by atoms with Gasteiger partial charge in [-0.25, -0.2) is 13.4 Å². The van der Waals surface area contributed by atoms with Crippen LogP contribution in [0.3, 0.4) is 0 Å². The summed E-state index contributed by atoms with van der Waals surface area (Å²) in [7, 11) is -3.41. The molecule has 2 aromatic rings. The molecule has 0 aliphatic carbocycles. The van der Waals surface area contributed by atoms with Crippen molar-refractivity contribution in [2.45, 2.75) is 20.8 Å². The molecule has 0 aliphatic heterocycles. The van der Waals surface area contributed by atoms with Crippen LogP contribution in [0.5, 0.6) is 0 Å². The first-order valence-corrected chi connectivity index (χ1v) is 9.20. The van der Waals surface area contributed by atoms with Crippen molar-refractivity contribution in [3.8, 4) is 0 Å². The van der Waals surface area contributed by atoms with Gasteiger partial charge >= 0.3 is 0 Å². The molecule has 2 rings (SSSR count). The van der Waals surface area contributed by atoms with Crippen LogP contribution in [0.4, 0.5) is 10.8 Å². The molecule has 1 aromatic carbocycles. The van der Waals surface area contributed by atoms with E-state index in [1.807, 2.05) is 32.0 Å². The van der Waals surface area contributed by atoms with Crippen LogP contribution >= 0.6 is 11.3 Å². The van der Waals surface area contributed by atoms with Crippen molar-refractivity contribution in [3.05, 3.63) is 39.9 Å². The fourth-order valence-electron chi connectivity index (χ4n) is 1.82. The normalized spacial score (nSPS) is 11.3. The van der Waals surface area contributed by atoms with E-state index in [4.69, 9.17) is 0 Å². The average molecular weight is 339 g/mol. The minimum atomic E-state index is -3.41. The smallest absolute Gasteiger partial charge is 0.267 e. The zero-order valence-electron chi connectivity index (χ0n) is 12.7. The minimum absolute atomic E-state index is 0.185. The highest BCUT2D eigenvalue weighted by molar-refractivity contribution is 7.92. The molecule has 0 saturated carbocycles. The van der Waals surface area contributed by atoms with Gasteiger partial charge in [0.15, 0.2) is 5.13 Å². The largest absolute Gasteiger partial charge is 0.321 e. The van der Waals surface area contributed by atoms with Crippen LogP contribution in [0.15, 0.2) is 18.2 Å². The van der Waals surface area contributed by atoms with Crippen LogP contribution in [0, 0.1) is 20.8 Å². The van der Waals surface area contributed by atoms with Crippen molar-refractivity contribution < 1.29 is 13.2 Å². The maximum Gasteiger partial charge on any atom is 0.267 e. The molecule has 2 N–H and O–H groups in total. The number of aryl methyl sites for hydroxylation is 3. The van der Waals surface area contributed by atoms with Gasteiger partial charge in [-0.1, -0.05) is 17.4 Å². The second-order valence-corrected chi connectivity index (χ2v) is 7.81. The Bertz CT molecular complexity index is 826. The zero-order valence-corrected chi connectivity index (χ0v) is 14.4. The molecule has 6 nitrogen and oxygen atoms in total. The van der Waals surface area contributed by atoms with Gasteiger partial charge in [-0.3, -0.25) is 9.52 Å². The average Bonchev–Trinajstić information content (AvgIpc) is 2.72. The van der Waals surface area contributed by atoms with Crippen LogP contribution in [-0.4, -0.2) is 25.6 Å². The number of benzene rings is 1. The maximum absolute atomic E-state index is 12.3. The van der Waals surface area contributed by atoms with Gasteiger partial charge in [0.05, 0.1) is 11.9 Å². The summed E-state index contributed by atoms with van der Waals surface area (Å²) in [4.78, 5) is 16.7. The van der Waals surface area contributed by atoms with Gasteiger partial charge in [-0.05, 0) is 44.0 Å². The number of carbonyl (C=O) groups excluding carboxylic acids is 1. The number of sulfonamides is 1. The zero-order chi connectivity index (χ0) is 16.5. The molecule has 118 valence electrons. The molecule has 0 unspecified atom stereocenters. The van der Waals surface area contributed by atoms with E-state index < -0.39 is 10.0 Å². The van der Waals surface area contributed by atoms with E-state index in [1.54, 1.807) is 6.92 Å². The molecule has 0 saturated heterocycles. The van der Waals surface area contributed by atoms with Gasteiger partial charge < -0.3 is 5.32 Å². The Hall–Kier alpha value is -1.93. The summed E-state index contributed by atoms with van der Waals surface area (Å²) in [6, 6.07) is 5.65. The first kappa shape index (κ1) is 16.4. The summed E-state index contributed by atoms with van der Waals surface area (Å²) in [6.07, 6.45) is 1.04. The number of hydrogen-bond acceptors (Lipinski definition) is 5. The van der Waals surface area contributed by atoms with E-state index in [0.29, 0.717) is 16.3 Å². The number of nitrogens with zero attached hydrogens (tertiary/aromatic N) is 1. The van der Waals surface area contributed by atoms with E-state index >= 15 is 0 Å². The first-order chi connectivity index (χ1) is 10.2. The van der Waals surface area contributed by atoms with Gasteiger partial charge in [-0.2, -0.15) is 0 Å². The summed E-state index contributed by atoms with van der Waals surface area (Å²) in [5.41, 5.74) is 3.40. The Kier molecular flexibility index (Phi) is 4.52. The quantitative estimate of drug-likeness (QED) is 0.896. The molecule has 1 heterocycles. The van der Waals surface area contributed by atoms with Crippen LogP contribution in [0.25, 0.3) is 0 Å². The number of hydrogen-bond donors (Lipinski definition) is 2. The summed E-state index contributed by atoms with van der Waals surface area (Å²) in [5, 5.41) is 2.98. The highest BCUT2D eigenvalue weighted by Gasteiger charge is 2.17. The summed E-state index contributed by atoms with van der Waals surface area (Å²) in [5.74, 6) is -0.306. The van der Waals surface area contributed by atoms with E-state index in [1.165, 1.54) is 0 Å². The van der Waals surface area contributed by atoms with E-state index in [-0.39, 0.29) is 11.0 Å². The Balaban J connectivity index is 2.20. The number of nitrogens with one attached hydrogen (secondary N) is 2. The fourth-order valence-corrected chi connectivity index (χ4v) is 3.51. The van der Waals surface area contributed by atoms with Crippen LogP contribution < -0.4 is 10.0 Å². The summed E-state index contributed by atoms with van der Waals surface area (Å²) in [6.45, 7) is 5.63. The predicted molar refractivity (Wildman–Crippen MR) is 89.2 cm³/mol. The predicted octanol–water partition coefficient (Wildman–Crippen LogP) is 2.69. The SMILES string of the molecule is Cc1ccc(NC(=O)c2sc(NS(C)(=O)=O)nc2C)cc1C. The van der Waals surface area contributed by atoms with Crippen molar-refractivity contribution in [2.75, 3.05) is 16.3 Å². The highest BCUT2D eigenvalue weighted by Crippen LogP contribution is 2.24. The van der Waals surface area contributed by atoms with Gasteiger partial charge in [0.1, 0.15) is 4.88 Å². The second kappa shape index (κ2) is 6.05. The summed E-state index contributed by atoms with van der Waals surface area (Å²) >= 11 is 1.01. The number of anilines is 2. The van der Waals surface area contributed by atoms with Crippen LogP contribution in [-0.2, 0) is 10.0 Å². The molecule has 1 amide bonds. The Morgan fingerprint density at radius 2 is 1.86 bits per heavy atom. The van der Waals surface area contributed by atoms with E-state index in [9.17, 15) is 13.2 Å². The molecule has 0 spiro atoms. The van der Waals surface area contributed by atoms with Gasteiger partial charge in [-0.15, -0.1) is 0 Å². The molecule has 0 atom stereocenters. The lowest BCUT2D eigenvalue weighted by molar-refractivity contribution is 0.103. The Morgan fingerprint density at radius 3 is 2.45 bits per heavy atom. The molecule has 0 bridgehead atoms. The van der Waals surface area contributed by atoms with Crippen molar-refractivity contribution in [2.24, 2.45) is 0 Å². The lowest BCUT2D eigenvalue weighted by Crippen LogP contribution is -2.11. The Labute approximate surface area is 133 Å². The number of thiazole rings is 1. The lowest BCUT2D eigenvalue weighted by Gasteiger charge is -2.06. The highest BCUT2D eigenvalue weighted by atomic mass is 32.2. The Morgan fingerprint density at radius 1 is 1.18 bits per heavy atom. The molecular weight excluding hydrogens is 322 g/mol. The van der Waals surface area contributed by atoms with Crippen LogP contribution in [0.1, 0.15) is 26.5 Å². The molecule has 1 aromatic heterocycles. The van der Waals surface area contributed by atoms with Crippen molar-refractivity contribution in [3.63, 3.8) is 0 Å². The number of amides is 1. The molecule has 22 heavy (non-hydrogen) atoms. The second-order valence-electron chi connectivity index (χ2n) is 5.06. The van der Waals surface area contributed by atoms with Crippen molar-refractivity contribution in [1.82, 2.24) is 4.98 Å². The molecular formula is C14H17N3O3S2. The lowest BCUT2D eigenvalue weighted by atomic mass is 10.1. The maximum atomic E-state index is 12.3. The number of carbonyl (C=O) groups is 1. The third kappa shape index (κ3) is 4.05. The first-order valence-electron chi connectivity index (χ1n) is 6.49. The standard InChI is InChI=1S/C14H17N3O3S2/c1-8-5-6-11(7-9(8)2)16-13(18)12-10(3)15-14(21-12)17-22(4,19)20/h5-7H,1-4H3,(H,15,17)(H,16,18). The minimum Gasteiger partial charge on any atom is -0.321 e. The topological polar surface area (TPSA) is 88.2 Å². The van der Waals surface area contributed by atoms with Gasteiger partial charge in [0, 0.05) is 5.69 Å².